The summed E-state index contributed by atoms with van der Waals surface area (Å²) >= 11 is 0. The number of rotatable bonds is 1. The molecule has 2 heteroatoms. The standard InChI is InChI=1S/C9H19NO.CH4/c1-7-5-9(10(3)4)6-8(2)11-7;/h7-9H,5-6H2,1-4H3;1H4/t7-,8?,9?;/m1./s1. The molecule has 0 radical (unpaired) electrons. The van der Waals surface area contributed by atoms with Gasteiger partial charge in [-0.3, -0.25) is 0 Å². The molecule has 0 aliphatic carbocycles. The summed E-state index contributed by atoms with van der Waals surface area (Å²) in [6.07, 6.45) is 3.23. The number of hydrogen-bond acceptors (Lipinski definition) is 2. The predicted octanol–water partition coefficient (Wildman–Crippen LogP) is 2.14. The molecule has 0 bridgehead atoms. The maximum Gasteiger partial charge on any atom is 0.0565 e. The fourth-order valence-electron chi connectivity index (χ4n) is 1.79. The fourth-order valence-corrected chi connectivity index (χ4v) is 1.79. The van der Waals surface area contributed by atoms with Crippen molar-refractivity contribution in [2.45, 2.75) is 52.4 Å². The molecule has 0 aromatic heterocycles. The van der Waals surface area contributed by atoms with E-state index < -0.39 is 0 Å². The van der Waals surface area contributed by atoms with Gasteiger partial charge in [-0.15, -0.1) is 0 Å². The quantitative estimate of drug-likeness (QED) is 0.602. The molecule has 1 rings (SSSR count). The van der Waals surface area contributed by atoms with Crippen molar-refractivity contribution in [3.8, 4) is 0 Å². The maximum atomic E-state index is 5.64. The van der Waals surface area contributed by atoms with Crippen LogP contribution in [0, 0.1) is 0 Å². The summed E-state index contributed by atoms with van der Waals surface area (Å²) < 4.78 is 5.64. The van der Waals surface area contributed by atoms with E-state index in [-0.39, 0.29) is 7.43 Å². The Balaban J connectivity index is 0.00000121. The van der Waals surface area contributed by atoms with Crippen LogP contribution >= 0.6 is 0 Å². The molecule has 1 heterocycles. The number of ether oxygens (including phenoxy) is 1. The van der Waals surface area contributed by atoms with Gasteiger partial charge in [-0.2, -0.15) is 0 Å². The minimum absolute atomic E-state index is 0. The van der Waals surface area contributed by atoms with Crippen LogP contribution in [0.5, 0.6) is 0 Å². The van der Waals surface area contributed by atoms with Crippen LogP contribution in [-0.4, -0.2) is 37.2 Å². The van der Waals surface area contributed by atoms with E-state index in [1.165, 1.54) is 12.8 Å². The topological polar surface area (TPSA) is 12.5 Å². The van der Waals surface area contributed by atoms with E-state index in [9.17, 15) is 0 Å². The van der Waals surface area contributed by atoms with E-state index in [1.54, 1.807) is 0 Å². The first-order valence-electron chi connectivity index (χ1n) is 4.41. The molecule has 12 heavy (non-hydrogen) atoms. The van der Waals surface area contributed by atoms with Gasteiger partial charge in [-0.05, 0) is 40.8 Å². The van der Waals surface area contributed by atoms with Crippen molar-refractivity contribution in [3.63, 3.8) is 0 Å². The average Bonchev–Trinajstić information content (AvgIpc) is 1.85. The molecule has 0 N–H and O–H groups in total. The Morgan fingerprint density at radius 1 is 1.08 bits per heavy atom. The zero-order valence-electron chi connectivity index (χ0n) is 8.00. The molecule has 2 unspecified atom stereocenters. The van der Waals surface area contributed by atoms with Crippen molar-refractivity contribution in [2.75, 3.05) is 14.1 Å². The number of hydrogen-bond donors (Lipinski definition) is 0. The van der Waals surface area contributed by atoms with Crippen molar-refractivity contribution >= 4 is 0 Å². The molecule has 1 aliphatic rings. The molecule has 1 aliphatic heterocycles. The van der Waals surface area contributed by atoms with Crippen LogP contribution in [0.25, 0.3) is 0 Å². The molecule has 0 amide bonds. The molecule has 0 spiro atoms. The summed E-state index contributed by atoms with van der Waals surface area (Å²) in [7, 11) is 4.30. The smallest absolute Gasteiger partial charge is 0.0565 e. The van der Waals surface area contributed by atoms with Crippen molar-refractivity contribution in [3.05, 3.63) is 0 Å². The first kappa shape index (κ1) is 11.9. The van der Waals surface area contributed by atoms with E-state index in [2.05, 4.69) is 32.8 Å². The highest BCUT2D eigenvalue weighted by Gasteiger charge is 2.25. The second-order valence-electron chi connectivity index (χ2n) is 3.85. The second-order valence-corrected chi connectivity index (χ2v) is 3.85. The van der Waals surface area contributed by atoms with Crippen LogP contribution in [-0.2, 0) is 4.74 Å². The van der Waals surface area contributed by atoms with Crippen LogP contribution in [0.15, 0.2) is 0 Å². The molecule has 2 nitrogen and oxygen atoms in total. The molecule has 74 valence electrons. The molecule has 1 saturated heterocycles. The average molecular weight is 173 g/mol. The van der Waals surface area contributed by atoms with Crippen molar-refractivity contribution in [2.24, 2.45) is 0 Å². The Morgan fingerprint density at radius 2 is 1.50 bits per heavy atom. The Hall–Kier alpha value is -0.0800. The third kappa shape index (κ3) is 3.11. The predicted molar refractivity (Wildman–Crippen MR) is 53.4 cm³/mol. The molecule has 1 fully saturated rings. The van der Waals surface area contributed by atoms with E-state index in [0.717, 1.165) is 0 Å². The second kappa shape index (κ2) is 4.83. The van der Waals surface area contributed by atoms with Crippen LogP contribution in [0.3, 0.4) is 0 Å². The van der Waals surface area contributed by atoms with Gasteiger partial charge in [0.1, 0.15) is 0 Å². The summed E-state index contributed by atoms with van der Waals surface area (Å²) in [4.78, 5) is 2.30. The Kier molecular flexibility index (Phi) is 4.80. The fraction of sp³-hybridized carbons (Fsp3) is 1.00. The first-order valence-corrected chi connectivity index (χ1v) is 4.41. The van der Waals surface area contributed by atoms with Gasteiger partial charge in [-0.1, -0.05) is 7.43 Å². The largest absolute Gasteiger partial charge is 0.375 e. The molecular formula is C10H23NO. The van der Waals surface area contributed by atoms with Crippen LogP contribution < -0.4 is 0 Å². The maximum absolute atomic E-state index is 5.64. The summed E-state index contributed by atoms with van der Waals surface area (Å²) in [5.74, 6) is 0. The van der Waals surface area contributed by atoms with Crippen LogP contribution in [0.1, 0.15) is 34.1 Å². The monoisotopic (exact) mass is 173 g/mol. The Labute approximate surface area is 76.9 Å². The molecule has 0 aromatic rings. The lowest BCUT2D eigenvalue weighted by Crippen LogP contribution is -2.40. The molecule has 0 saturated carbocycles. The van der Waals surface area contributed by atoms with Crippen molar-refractivity contribution in [1.29, 1.82) is 0 Å². The lowest BCUT2D eigenvalue weighted by atomic mass is 9.99. The van der Waals surface area contributed by atoms with Gasteiger partial charge in [0.2, 0.25) is 0 Å². The molecule has 0 aromatic carbocycles. The Morgan fingerprint density at radius 3 is 1.83 bits per heavy atom. The summed E-state index contributed by atoms with van der Waals surface area (Å²) in [5, 5.41) is 0. The van der Waals surface area contributed by atoms with Gasteiger partial charge in [0.15, 0.2) is 0 Å². The van der Waals surface area contributed by atoms with Crippen molar-refractivity contribution in [1.82, 2.24) is 4.90 Å². The molecule has 3 atom stereocenters. The third-order valence-electron chi connectivity index (χ3n) is 2.40. The zero-order valence-corrected chi connectivity index (χ0v) is 8.00. The Bertz CT molecular complexity index is 115. The van der Waals surface area contributed by atoms with Gasteiger partial charge < -0.3 is 9.64 Å². The summed E-state index contributed by atoms with van der Waals surface area (Å²) in [6.45, 7) is 4.32. The lowest BCUT2D eigenvalue weighted by molar-refractivity contribution is -0.0578. The highest BCUT2D eigenvalue weighted by atomic mass is 16.5. The SMILES string of the molecule is C.CC1CC(N(C)C)C[C@@H](C)O1. The minimum Gasteiger partial charge on any atom is -0.375 e. The highest BCUT2D eigenvalue weighted by Crippen LogP contribution is 2.21. The summed E-state index contributed by atoms with van der Waals surface area (Å²) in [5.41, 5.74) is 0. The van der Waals surface area contributed by atoms with Gasteiger partial charge >= 0.3 is 0 Å². The normalized spacial score (nSPS) is 36.2. The first-order chi connectivity index (χ1) is 5.09. The van der Waals surface area contributed by atoms with E-state index in [1.807, 2.05) is 0 Å². The van der Waals surface area contributed by atoms with Gasteiger partial charge in [0.05, 0.1) is 12.2 Å². The van der Waals surface area contributed by atoms with Crippen molar-refractivity contribution < 1.29 is 4.74 Å². The van der Waals surface area contributed by atoms with E-state index in [4.69, 9.17) is 4.74 Å². The van der Waals surface area contributed by atoms with Gasteiger partial charge in [0, 0.05) is 6.04 Å². The van der Waals surface area contributed by atoms with Gasteiger partial charge in [0.25, 0.3) is 0 Å². The lowest BCUT2D eigenvalue weighted by Gasteiger charge is -2.35. The summed E-state index contributed by atoms with van der Waals surface area (Å²) in [6, 6.07) is 0.716. The van der Waals surface area contributed by atoms with Gasteiger partial charge in [-0.25, -0.2) is 0 Å². The van der Waals surface area contributed by atoms with Crippen LogP contribution in [0.4, 0.5) is 0 Å². The highest BCUT2D eigenvalue weighted by molar-refractivity contribution is 4.77. The number of nitrogens with zero attached hydrogens (tertiary/aromatic N) is 1. The van der Waals surface area contributed by atoms with Crippen LogP contribution in [0.2, 0.25) is 0 Å². The molecular weight excluding hydrogens is 150 g/mol. The zero-order chi connectivity index (χ0) is 8.43. The van der Waals surface area contributed by atoms with E-state index >= 15 is 0 Å². The third-order valence-corrected chi connectivity index (χ3v) is 2.40. The van der Waals surface area contributed by atoms with E-state index in [0.29, 0.717) is 18.2 Å². The minimum atomic E-state index is 0.